The predicted octanol–water partition coefficient (Wildman–Crippen LogP) is 4.40. The van der Waals surface area contributed by atoms with Gasteiger partial charge in [-0.3, -0.25) is 14.9 Å². The van der Waals surface area contributed by atoms with Crippen molar-refractivity contribution in [2.75, 3.05) is 13.2 Å². The van der Waals surface area contributed by atoms with Gasteiger partial charge < -0.3 is 14.2 Å². The molecule has 0 spiro atoms. The molecule has 1 N–H and O–H groups in total. The number of hydrogen-bond donors (Lipinski definition) is 1. The van der Waals surface area contributed by atoms with Crippen molar-refractivity contribution in [1.29, 1.82) is 0 Å². The van der Waals surface area contributed by atoms with E-state index in [4.69, 9.17) is 25.8 Å². The van der Waals surface area contributed by atoms with Gasteiger partial charge in [0.25, 0.3) is 11.6 Å². The van der Waals surface area contributed by atoms with E-state index in [1.165, 1.54) is 30.5 Å². The molecular formula is C24H20ClN3O7. The highest BCUT2D eigenvalue weighted by molar-refractivity contribution is 6.30. The van der Waals surface area contributed by atoms with E-state index in [1.807, 2.05) is 0 Å². The van der Waals surface area contributed by atoms with Gasteiger partial charge in [-0.25, -0.2) is 10.2 Å². The van der Waals surface area contributed by atoms with E-state index in [-0.39, 0.29) is 18.0 Å². The van der Waals surface area contributed by atoms with Crippen LogP contribution >= 0.6 is 11.6 Å². The van der Waals surface area contributed by atoms with Crippen LogP contribution in [0.25, 0.3) is 0 Å². The van der Waals surface area contributed by atoms with Gasteiger partial charge in [0.15, 0.2) is 18.1 Å². The van der Waals surface area contributed by atoms with Crippen LogP contribution in [0.4, 0.5) is 5.69 Å². The number of non-ortho nitro benzene ring substituents is 1. The van der Waals surface area contributed by atoms with Gasteiger partial charge in [0.2, 0.25) is 0 Å². The number of nitro benzene ring substituents is 1. The third-order valence-electron chi connectivity index (χ3n) is 4.37. The van der Waals surface area contributed by atoms with Crippen LogP contribution in [-0.2, 0) is 4.79 Å². The van der Waals surface area contributed by atoms with E-state index in [1.54, 1.807) is 49.4 Å². The lowest BCUT2D eigenvalue weighted by molar-refractivity contribution is -0.384. The molecule has 1 amide bonds. The first-order valence-corrected chi connectivity index (χ1v) is 10.7. The molecule has 3 aromatic rings. The number of carbonyl (C=O) groups excluding carboxylic acids is 2. The van der Waals surface area contributed by atoms with Gasteiger partial charge in [-0.2, -0.15) is 5.10 Å². The fraction of sp³-hybridized carbons (Fsp3) is 0.125. The number of halogens is 1. The van der Waals surface area contributed by atoms with Gasteiger partial charge in [-0.05, 0) is 67.1 Å². The number of benzene rings is 3. The number of hydrazone groups is 1. The van der Waals surface area contributed by atoms with Crippen molar-refractivity contribution < 1.29 is 28.7 Å². The minimum absolute atomic E-state index is 0.0800. The number of ether oxygens (including phenoxy) is 3. The molecule has 3 aromatic carbocycles. The molecule has 0 radical (unpaired) electrons. The van der Waals surface area contributed by atoms with Gasteiger partial charge in [0.05, 0.1) is 23.3 Å². The highest BCUT2D eigenvalue weighted by atomic mass is 35.5. The first kappa shape index (κ1) is 25.2. The van der Waals surface area contributed by atoms with Crippen molar-refractivity contribution in [2.24, 2.45) is 5.10 Å². The third-order valence-corrected chi connectivity index (χ3v) is 4.62. The molecule has 10 nitrogen and oxygen atoms in total. The lowest BCUT2D eigenvalue weighted by Crippen LogP contribution is -2.24. The molecule has 0 aliphatic heterocycles. The van der Waals surface area contributed by atoms with Gasteiger partial charge in [0, 0.05) is 17.2 Å². The number of nitrogens with one attached hydrogen (secondary N) is 1. The minimum Gasteiger partial charge on any atom is -0.490 e. The first-order chi connectivity index (χ1) is 16.9. The Hall–Kier alpha value is -4.44. The second kappa shape index (κ2) is 12.1. The lowest BCUT2D eigenvalue weighted by Gasteiger charge is -2.11. The van der Waals surface area contributed by atoms with E-state index < -0.39 is 16.8 Å². The number of esters is 1. The SMILES string of the molecule is CCOc1cc(/C=N/NC(=O)COc2ccc([N+](=O)[O-])cc2)ccc1OC(=O)c1ccc(Cl)cc1. The second-order valence-electron chi connectivity index (χ2n) is 6.87. The van der Waals surface area contributed by atoms with E-state index in [2.05, 4.69) is 10.5 Å². The van der Waals surface area contributed by atoms with Crippen molar-refractivity contribution in [1.82, 2.24) is 5.43 Å². The van der Waals surface area contributed by atoms with Gasteiger partial charge in [0.1, 0.15) is 5.75 Å². The summed E-state index contributed by atoms with van der Waals surface area (Å²) in [6, 6.07) is 16.4. The van der Waals surface area contributed by atoms with Crippen molar-refractivity contribution in [3.8, 4) is 17.2 Å². The second-order valence-corrected chi connectivity index (χ2v) is 7.30. The molecular weight excluding hydrogens is 478 g/mol. The van der Waals surface area contributed by atoms with E-state index in [9.17, 15) is 19.7 Å². The molecule has 3 rings (SSSR count). The van der Waals surface area contributed by atoms with E-state index in [0.29, 0.717) is 34.3 Å². The highest BCUT2D eigenvalue weighted by Crippen LogP contribution is 2.29. The fourth-order valence-electron chi connectivity index (χ4n) is 2.73. The molecule has 0 aliphatic carbocycles. The molecule has 0 fully saturated rings. The molecule has 11 heteroatoms. The first-order valence-electron chi connectivity index (χ1n) is 10.3. The molecule has 180 valence electrons. The van der Waals surface area contributed by atoms with Crippen LogP contribution in [0, 0.1) is 10.1 Å². The van der Waals surface area contributed by atoms with Crippen LogP contribution in [0.1, 0.15) is 22.8 Å². The summed E-state index contributed by atoms with van der Waals surface area (Å²) in [6.07, 6.45) is 1.39. The average molecular weight is 498 g/mol. The number of amides is 1. The van der Waals surface area contributed by atoms with Crippen molar-refractivity contribution in [2.45, 2.75) is 6.92 Å². The molecule has 35 heavy (non-hydrogen) atoms. The molecule has 0 heterocycles. The predicted molar refractivity (Wildman–Crippen MR) is 128 cm³/mol. The zero-order chi connectivity index (χ0) is 25.2. The number of nitro groups is 1. The monoisotopic (exact) mass is 497 g/mol. The van der Waals surface area contributed by atoms with Crippen molar-refractivity contribution in [3.63, 3.8) is 0 Å². The van der Waals surface area contributed by atoms with Crippen LogP contribution in [0.3, 0.4) is 0 Å². The fourth-order valence-corrected chi connectivity index (χ4v) is 2.85. The number of rotatable bonds is 10. The average Bonchev–Trinajstić information content (AvgIpc) is 2.85. The van der Waals surface area contributed by atoms with Crippen LogP contribution in [0.2, 0.25) is 5.02 Å². The Labute approximate surface area is 205 Å². The molecule has 0 atom stereocenters. The van der Waals surface area contributed by atoms with Crippen molar-refractivity contribution in [3.05, 3.63) is 93.0 Å². The highest BCUT2D eigenvalue weighted by Gasteiger charge is 2.13. The Morgan fingerprint density at radius 3 is 2.40 bits per heavy atom. The van der Waals surface area contributed by atoms with Gasteiger partial charge >= 0.3 is 5.97 Å². The maximum absolute atomic E-state index is 12.4. The maximum Gasteiger partial charge on any atom is 0.343 e. The summed E-state index contributed by atoms with van der Waals surface area (Å²) in [4.78, 5) is 34.4. The van der Waals surface area contributed by atoms with Crippen molar-refractivity contribution >= 4 is 35.4 Å². The summed E-state index contributed by atoms with van der Waals surface area (Å²) in [5.74, 6) is -0.238. The largest absolute Gasteiger partial charge is 0.490 e. The normalized spacial score (nSPS) is 10.6. The zero-order valence-electron chi connectivity index (χ0n) is 18.5. The zero-order valence-corrected chi connectivity index (χ0v) is 19.2. The van der Waals surface area contributed by atoms with Crippen LogP contribution in [-0.4, -0.2) is 36.2 Å². The number of carbonyl (C=O) groups is 2. The summed E-state index contributed by atoms with van der Waals surface area (Å²) in [5, 5.41) is 15.0. The molecule has 0 bridgehead atoms. The summed E-state index contributed by atoms with van der Waals surface area (Å²) in [6.45, 7) is 1.79. The molecule has 0 saturated carbocycles. The molecule has 0 unspecified atom stereocenters. The standard InChI is InChI=1S/C24H20ClN3O7/c1-2-33-22-13-16(3-12-21(22)35-24(30)17-4-6-18(25)7-5-17)14-26-27-23(29)15-34-20-10-8-19(9-11-20)28(31)32/h3-14H,2,15H2,1H3,(H,27,29)/b26-14+. The Morgan fingerprint density at radius 2 is 1.74 bits per heavy atom. The summed E-state index contributed by atoms with van der Waals surface area (Å²) >= 11 is 5.84. The molecule has 0 aromatic heterocycles. The van der Waals surface area contributed by atoms with Crippen LogP contribution < -0.4 is 19.6 Å². The number of nitrogens with zero attached hydrogens (tertiary/aromatic N) is 2. The molecule has 0 aliphatic rings. The van der Waals surface area contributed by atoms with E-state index >= 15 is 0 Å². The third kappa shape index (κ3) is 7.54. The molecule has 0 saturated heterocycles. The summed E-state index contributed by atoms with van der Waals surface area (Å²) in [7, 11) is 0. The van der Waals surface area contributed by atoms with Crippen LogP contribution in [0.15, 0.2) is 71.8 Å². The minimum atomic E-state index is -0.565. The topological polar surface area (TPSA) is 129 Å². The van der Waals surface area contributed by atoms with Gasteiger partial charge in [-0.15, -0.1) is 0 Å². The Kier molecular flexibility index (Phi) is 8.74. The van der Waals surface area contributed by atoms with Gasteiger partial charge in [-0.1, -0.05) is 11.6 Å². The van der Waals surface area contributed by atoms with E-state index in [0.717, 1.165) is 0 Å². The Balaban J connectivity index is 1.56. The number of hydrogen-bond acceptors (Lipinski definition) is 8. The Morgan fingerprint density at radius 1 is 1.03 bits per heavy atom. The maximum atomic E-state index is 12.4. The Bertz CT molecular complexity index is 1230. The quantitative estimate of drug-likeness (QED) is 0.144. The smallest absolute Gasteiger partial charge is 0.343 e. The summed E-state index contributed by atoms with van der Waals surface area (Å²) < 4.78 is 16.3. The van der Waals surface area contributed by atoms with Crippen LogP contribution in [0.5, 0.6) is 17.2 Å². The summed E-state index contributed by atoms with van der Waals surface area (Å²) in [5.41, 5.74) is 3.15. The lowest BCUT2D eigenvalue weighted by atomic mass is 10.2.